The van der Waals surface area contributed by atoms with Gasteiger partial charge in [-0.1, -0.05) is 0 Å². The number of hydrogen-bond acceptors (Lipinski definition) is 4. The van der Waals surface area contributed by atoms with Crippen molar-refractivity contribution in [2.45, 2.75) is 12.5 Å². The van der Waals surface area contributed by atoms with Crippen molar-refractivity contribution >= 4 is 22.5 Å². The van der Waals surface area contributed by atoms with Crippen molar-refractivity contribution in [3.8, 4) is 0 Å². The Morgan fingerprint density at radius 1 is 1.61 bits per heavy atom. The topological polar surface area (TPSA) is 93.0 Å². The molecule has 2 rings (SSSR count). The number of ether oxygens (including phenoxy) is 1. The number of hydrogen-bond donors (Lipinski definition) is 3. The number of H-pyrrole nitrogens is 1. The molecule has 0 saturated carbocycles. The summed E-state index contributed by atoms with van der Waals surface area (Å²) in [6.45, 7) is 0.466. The lowest BCUT2D eigenvalue weighted by atomic mass is 10.2. The highest BCUT2D eigenvalue weighted by molar-refractivity contribution is 5.96. The van der Waals surface area contributed by atoms with Crippen LogP contribution in [0.4, 0.5) is 5.69 Å². The molecule has 1 amide bonds. The van der Waals surface area contributed by atoms with E-state index in [1.165, 1.54) is 0 Å². The fourth-order valence-corrected chi connectivity index (χ4v) is 1.63. The third-order valence-electron chi connectivity index (χ3n) is 2.68. The second kappa shape index (κ2) is 5.61. The van der Waals surface area contributed by atoms with Gasteiger partial charge in [-0.05, 0) is 24.6 Å². The quantitative estimate of drug-likeness (QED) is 0.731. The van der Waals surface area contributed by atoms with Crippen LogP contribution < -0.4 is 11.1 Å². The van der Waals surface area contributed by atoms with E-state index < -0.39 is 6.04 Å². The lowest BCUT2D eigenvalue weighted by molar-refractivity contribution is -0.117. The normalized spacial score (nSPS) is 12.6. The molecule has 6 heteroatoms. The van der Waals surface area contributed by atoms with Gasteiger partial charge in [0, 0.05) is 24.8 Å². The Morgan fingerprint density at radius 3 is 3.22 bits per heavy atom. The molecule has 0 saturated heterocycles. The molecule has 0 bridgehead atoms. The summed E-state index contributed by atoms with van der Waals surface area (Å²) in [5.74, 6) is -0.217. The van der Waals surface area contributed by atoms with Crippen LogP contribution in [0.15, 0.2) is 24.4 Å². The second-order valence-corrected chi connectivity index (χ2v) is 4.05. The third kappa shape index (κ3) is 2.85. The van der Waals surface area contributed by atoms with Gasteiger partial charge >= 0.3 is 0 Å². The average molecular weight is 248 g/mol. The van der Waals surface area contributed by atoms with Crippen LogP contribution in [0.1, 0.15) is 6.42 Å². The molecule has 0 aliphatic carbocycles. The fraction of sp³-hybridized carbons (Fsp3) is 0.333. The Kier molecular flexibility index (Phi) is 3.91. The molecule has 0 fully saturated rings. The van der Waals surface area contributed by atoms with Crippen molar-refractivity contribution < 1.29 is 9.53 Å². The van der Waals surface area contributed by atoms with Crippen LogP contribution in [-0.2, 0) is 9.53 Å². The largest absolute Gasteiger partial charge is 0.385 e. The van der Waals surface area contributed by atoms with Crippen molar-refractivity contribution in [1.29, 1.82) is 0 Å². The van der Waals surface area contributed by atoms with Crippen LogP contribution in [0.2, 0.25) is 0 Å². The summed E-state index contributed by atoms with van der Waals surface area (Å²) in [6, 6.07) is 4.96. The summed E-state index contributed by atoms with van der Waals surface area (Å²) in [5.41, 5.74) is 7.30. The summed E-state index contributed by atoms with van der Waals surface area (Å²) in [4.78, 5) is 11.8. The number of nitrogens with two attached hydrogens (primary N) is 1. The summed E-state index contributed by atoms with van der Waals surface area (Å²) < 4.78 is 4.89. The monoisotopic (exact) mass is 248 g/mol. The predicted molar refractivity (Wildman–Crippen MR) is 69.2 cm³/mol. The maximum Gasteiger partial charge on any atom is 0.241 e. The smallest absolute Gasteiger partial charge is 0.241 e. The molecule has 0 aliphatic heterocycles. The molecular formula is C12H16N4O2. The first-order valence-corrected chi connectivity index (χ1v) is 5.69. The van der Waals surface area contributed by atoms with Gasteiger partial charge in [-0.2, -0.15) is 5.10 Å². The van der Waals surface area contributed by atoms with E-state index in [-0.39, 0.29) is 5.91 Å². The lowest BCUT2D eigenvalue weighted by Gasteiger charge is -2.11. The van der Waals surface area contributed by atoms with Crippen LogP contribution in [0, 0.1) is 0 Å². The van der Waals surface area contributed by atoms with Gasteiger partial charge < -0.3 is 15.8 Å². The van der Waals surface area contributed by atoms with Crippen LogP contribution in [0.5, 0.6) is 0 Å². The number of amides is 1. The molecule has 1 unspecified atom stereocenters. The Hall–Kier alpha value is -1.92. The number of nitrogens with zero attached hydrogens (tertiary/aromatic N) is 1. The first kappa shape index (κ1) is 12.5. The minimum atomic E-state index is -0.567. The third-order valence-corrected chi connectivity index (χ3v) is 2.68. The van der Waals surface area contributed by atoms with Gasteiger partial charge in [0.25, 0.3) is 0 Å². The number of anilines is 1. The zero-order chi connectivity index (χ0) is 13.0. The Bertz CT molecular complexity index is 538. The molecule has 1 heterocycles. The Morgan fingerprint density at radius 2 is 2.44 bits per heavy atom. The molecule has 0 spiro atoms. The number of methoxy groups -OCH3 is 1. The van der Waals surface area contributed by atoms with E-state index in [9.17, 15) is 4.79 Å². The fourth-order valence-electron chi connectivity index (χ4n) is 1.63. The molecular weight excluding hydrogens is 232 g/mol. The molecule has 1 atom stereocenters. The summed E-state index contributed by atoms with van der Waals surface area (Å²) >= 11 is 0. The molecule has 0 radical (unpaired) electrons. The summed E-state index contributed by atoms with van der Waals surface area (Å²) in [5, 5.41) is 10.5. The highest BCUT2D eigenvalue weighted by Gasteiger charge is 2.13. The van der Waals surface area contributed by atoms with E-state index in [0.29, 0.717) is 18.7 Å². The summed E-state index contributed by atoms with van der Waals surface area (Å²) in [6.07, 6.45) is 2.22. The van der Waals surface area contributed by atoms with Crippen LogP contribution in [0.25, 0.3) is 10.9 Å². The van der Waals surface area contributed by atoms with Gasteiger partial charge in [0.1, 0.15) is 0 Å². The van der Waals surface area contributed by atoms with Crippen LogP contribution in [0.3, 0.4) is 0 Å². The van der Waals surface area contributed by atoms with E-state index in [4.69, 9.17) is 10.5 Å². The van der Waals surface area contributed by atoms with E-state index in [1.807, 2.05) is 18.2 Å². The highest BCUT2D eigenvalue weighted by atomic mass is 16.5. The highest BCUT2D eigenvalue weighted by Crippen LogP contribution is 2.16. The number of aromatic amines is 1. The van der Waals surface area contributed by atoms with E-state index in [1.54, 1.807) is 13.3 Å². The Labute approximate surface area is 104 Å². The molecule has 1 aromatic carbocycles. The number of nitrogens with one attached hydrogen (secondary N) is 2. The minimum Gasteiger partial charge on any atom is -0.385 e. The number of rotatable bonds is 5. The zero-order valence-electron chi connectivity index (χ0n) is 10.1. The second-order valence-electron chi connectivity index (χ2n) is 4.05. The van der Waals surface area contributed by atoms with Gasteiger partial charge in [0.2, 0.25) is 5.91 Å². The van der Waals surface area contributed by atoms with Gasteiger partial charge in [-0.25, -0.2) is 0 Å². The number of carbonyl (C=O) groups is 1. The van der Waals surface area contributed by atoms with Crippen molar-refractivity contribution in [1.82, 2.24) is 10.2 Å². The standard InChI is InChI=1S/C12H16N4O2/c1-18-5-4-10(13)12(17)15-9-3-2-8-7-14-16-11(8)6-9/h2-3,6-7,10H,4-5,13H2,1H3,(H,14,16)(H,15,17). The van der Waals surface area contributed by atoms with Gasteiger partial charge in [-0.15, -0.1) is 0 Å². The minimum absolute atomic E-state index is 0.217. The first-order chi connectivity index (χ1) is 8.70. The molecule has 96 valence electrons. The molecule has 2 aromatic rings. The van der Waals surface area contributed by atoms with Crippen LogP contribution in [-0.4, -0.2) is 35.9 Å². The molecule has 18 heavy (non-hydrogen) atoms. The van der Waals surface area contributed by atoms with Crippen molar-refractivity contribution in [3.05, 3.63) is 24.4 Å². The van der Waals surface area contributed by atoms with Gasteiger partial charge in [-0.3, -0.25) is 9.89 Å². The van der Waals surface area contributed by atoms with Gasteiger partial charge in [0.05, 0.1) is 17.8 Å². The SMILES string of the molecule is COCCC(N)C(=O)Nc1ccc2cn[nH]c2c1. The lowest BCUT2D eigenvalue weighted by Crippen LogP contribution is -2.36. The number of carbonyl (C=O) groups excluding carboxylic acids is 1. The molecule has 0 aliphatic rings. The van der Waals surface area contributed by atoms with Crippen molar-refractivity contribution in [3.63, 3.8) is 0 Å². The Balaban J connectivity index is 2.01. The molecule has 4 N–H and O–H groups in total. The number of fused-ring (bicyclic) bond motifs is 1. The maximum absolute atomic E-state index is 11.8. The number of benzene rings is 1. The van der Waals surface area contributed by atoms with Crippen molar-refractivity contribution in [2.24, 2.45) is 5.73 Å². The van der Waals surface area contributed by atoms with Gasteiger partial charge in [0.15, 0.2) is 0 Å². The van der Waals surface area contributed by atoms with Crippen LogP contribution >= 0.6 is 0 Å². The number of aromatic nitrogens is 2. The van der Waals surface area contributed by atoms with E-state index >= 15 is 0 Å². The van der Waals surface area contributed by atoms with E-state index in [2.05, 4.69) is 15.5 Å². The van der Waals surface area contributed by atoms with Crippen molar-refractivity contribution in [2.75, 3.05) is 19.0 Å². The zero-order valence-corrected chi connectivity index (χ0v) is 10.1. The molecule has 6 nitrogen and oxygen atoms in total. The molecule has 1 aromatic heterocycles. The first-order valence-electron chi connectivity index (χ1n) is 5.69. The summed E-state index contributed by atoms with van der Waals surface area (Å²) in [7, 11) is 1.58. The van der Waals surface area contributed by atoms with E-state index in [0.717, 1.165) is 10.9 Å². The average Bonchev–Trinajstić information content (AvgIpc) is 2.83. The predicted octanol–water partition coefficient (Wildman–Crippen LogP) is 0.865. The maximum atomic E-state index is 11.8.